The number of nitrogen functional groups attached to an aromatic ring is 1. The molecule has 6 aromatic rings. The number of nitrogens with zero attached hydrogens (tertiary/aromatic N) is 9. The van der Waals surface area contributed by atoms with Crippen LogP contribution in [0.25, 0.3) is 22.4 Å². The third-order valence-corrected chi connectivity index (χ3v) is 16.5. The van der Waals surface area contributed by atoms with E-state index >= 15 is 0 Å². The second kappa shape index (κ2) is 22.6. The fraction of sp³-hybridized carbons (Fsp3) is 0.500. The maximum Gasteiger partial charge on any atom is 0.254 e. The number of rotatable bonds is 18. The number of aromatic nitrogens is 6. The lowest BCUT2D eigenvalue weighted by Gasteiger charge is -2.43. The first-order chi connectivity index (χ1) is 37.7. The minimum atomic E-state index is -0.837. The molecule has 0 spiro atoms. The molecule has 8 heterocycles. The highest BCUT2D eigenvalue weighted by molar-refractivity contribution is 5.91. The van der Waals surface area contributed by atoms with E-state index in [0.717, 1.165) is 104 Å². The van der Waals surface area contributed by atoms with Gasteiger partial charge in [0.25, 0.3) is 5.88 Å². The van der Waals surface area contributed by atoms with Crippen molar-refractivity contribution in [3.63, 3.8) is 0 Å². The number of phenols is 1. The van der Waals surface area contributed by atoms with E-state index in [4.69, 9.17) is 24.5 Å². The molecule has 1 saturated carbocycles. The number of likely N-dealkylation sites (tertiary alicyclic amines) is 2. The van der Waals surface area contributed by atoms with Gasteiger partial charge in [0, 0.05) is 111 Å². The first-order valence-electron chi connectivity index (χ1n) is 27.7. The Labute approximate surface area is 454 Å². The number of H-pyrrole nitrogens is 1. The summed E-state index contributed by atoms with van der Waals surface area (Å²) in [5.41, 5.74) is 14.5. The Bertz CT molecular complexity index is 3030. The lowest BCUT2D eigenvalue weighted by Crippen LogP contribution is -2.54. The van der Waals surface area contributed by atoms with Gasteiger partial charge in [-0.15, -0.1) is 10.2 Å². The summed E-state index contributed by atoms with van der Waals surface area (Å²) in [6.07, 6.45) is 7.20. The zero-order valence-corrected chi connectivity index (χ0v) is 45.1. The number of piperidine rings is 1. The van der Waals surface area contributed by atoms with Gasteiger partial charge >= 0.3 is 0 Å². The lowest BCUT2D eigenvalue weighted by molar-refractivity contribution is -0.141. The topological polar surface area (TPSA) is 247 Å². The number of amides is 2. The molecule has 5 aliphatic rings. The molecule has 0 radical (unpaired) electrons. The minimum absolute atomic E-state index is 0.0481. The van der Waals surface area contributed by atoms with Crippen LogP contribution in [0.4, 0.5) is 17.2 Å². The fourth-order valence-electron chi connectivity index (χ4n) is 12.3. The maximum absolute atomic E-state index is 14.3. The van der Waals surface area contributed by atoms with Crippen LogP contribution in [0.15, 0.2) is 83.5 Å². The summed E-state index contributed by atoms with van der Waals surface area (Å²) in [5, 5.41) is 44.4. The third kappa shape index (κ3) is 11.2. The monoisotopic (exact) mass is 1060 g/mol. The molecule has 6 atom stereocenters. The number of anilines is 3. The van der Waals surface area contributed by atoms with Crippen molar-refractivity contribution < 1.29 is 38.5 Å². The molecule has 412 valence electrons. The van der Waals surface area contributed by atoms with Crippen LogP contribution in [0, 0.1) is 19.8 Å². The molecule has 2 aromatic carbocycles. The van der Waals surface area contributed by atoms with E-state index in [9.17, 15) is 19.8 Å². The zero-order valence-electron chi connectivity index (χ0n) is 45.1. The van der Waals surface area contributed by atoms with Gasteiger partial charge < -0.3 is 54.7 Å². The predicted octanol–water partition coefficient (Wildman–Crippen LogP) is 6.73. The first-order valence-corrected chi connectivity index (χ1v) is 27.7. The van der Waals surface area contributed by atoms with Gasteiger partial charge in [0.15, 0.2) is 11.6 Å². The number of nitrogens with two attached hydrogens (primary N) is 1. The number of benzene rings is 2. The molecule has 2 amide bonds. The van der Waals surface area contributed by atoms with Crippen molar-refractivity contribution in [3.8, 4) is 39.9 Å². The Balaban J connectivity index is 0.602. The SMILES string of the molecule is Cc1n[nH]c(C)c1-c1ccc([C@H](C)NC(=O)[C@@H]2C[C@@H](O)CN2C(=O)[C@@H](c2cc(OCCN3CCC(OC4CC(Oc5cc(N6C7CC[C@@H]6CN(c6cc(-c8ccccc8O)nnc6N)C7)ccn5)C4)CC3)no2)C(C)C)cc1. The van der Waals surface area contributed by atoms with Crippen molar-refractivity contribution in [2.75, 3.05) is 61.4 Å². The smallest absolute Gasteiger partial charge is 0.254 e. The average Bonchev–Trinajstić information content (AvgIpc) is 4.29. The fourth-order valence-corrected chi connectivity index (χ4v) is 12.3. The van der Waals surface area contributed by atoms with Crippen LogP contribution in [0.2, 0.25) is 0 Å². The number of ether oxygens (including phenoxy) is 3. The average molecular weight is 1070 g/mol. The maximum atomic E-state index is 14.3. The number of hydrogen-bond donors (Lipinski definition) is 5. The molecule has 20 heteroatoms. The Morgan fingerprint density at radius 2 is 1.64 bits per heavy atom. The molecule has 1 aliphatic carbocycles. The number of fused-ring (bicyclic) bond motifs is 2. The molecule has 1 unspecified atom stereocenters. The summed E-state index contributed by atoms with van der Waals surface area (Å²) in [4.78, 5) is 41.3. The Kier molecular flexibility index (Phi) is 15.3. The van der Waals surface area contributed by atoms with Gasteiger partial charge in [-0.05, 0) is 92.9 Å². The van der Waals surface area contributed by atoms with Gasteiger partial charge in [-0.25, -0.2) is 4.98 Å². The van der Waals surface area contributed by atoms with E-state index in [1.54, 1.807) is 18.2 Å². The molecule has 5 fully saturated rings. The van der Waals surface area contributed by atoms with Crippen LogP contribution in [0.5, 0.6) is 17.5 Å². The molecule has 4 saturated heterocycles. The molecule has 4 aromatic heterocycles. The number of nitrogens with one attached hydrogen (secondary N) is 2. The molecule has 78 heavy (non-hydrogen) atoms. The minimum Gasteiger partial charge on any atom is -0.507 e. The van der Waals surface area contributed by atoms with Crippen molar-refractivity contribution in [2.24, 2.45) is 5.92 Å². The van der Waals surface area contributed by atoms with E-state index in [1.165, 1.54) is 4.90 Å². The second-order valence-corrected chi connectivity index (χ2v) is 22.3. The molecule has 6 N–H and O–H groups in total. The van der Waals surface area contributed by atoms with Crippen molar-refractivity contribution in [1.82, 2.24) is 45.7 Å². The number of carbonyl (C=O) groups excluding carboxylic acids is 2. The molecule has 2 bridgehead atoms. The van der Waals surface area contributed by atoms with Crippen molar-refractivity contribution >= 4 is 29.0 Å². The van der Waals surface area contributed by atoms with Crippen LogP contribution in [-0.2, 0) is 14.3 Å². The number of β-amino-alcohol motifs (C(OH)–C–C–N with tert-alkyl or cyclic N) is 1. The summed E-state index contributed by atoms with van der Waals surface area (Å²) >= 11 is 0. The van der Waals surface area contributed by atoms with Crippen LogP contribution in [0.1, 0.15) is 100 Å². The second-order valence-electron chi connectivity index (χ2n) is 22.3. The number of aliphatic hydroxyl groups is 1. The predicted molar refractivity (Wildman–Crippen MR) is 293 cm³/mol. The molecule has 20 nitrogen and oxygen atoms in total. The highest BCUT2D eigenvalue weighted by Crippen LogP contribution is 2.41. The van der Waals surface area contributed by atoms with Crippen LogP contribution in [-0.4, -0.2) is 151 Å². The number of hydrogen-bond acceptors (Lipinski definition) is 17. The van der Waals surface area contributed by atoms with Gasteiger partial charge in [-0.2, -0.15) is 5.10 Å². The van der Waals surface area contributed by atoms with Crippen LogP contribution in [0.3, 0.4) is 0 Å². The Morgan fingerprint density at radius 1 is 0.885 bits per heavy atom. The number of para-hydroxylation sites is 1. The molecule has 11 rings (SSSR count). The van der Waals surface area contributed by atoms with Crippen molar-refractivity contribution in [1.29, 1.82) is 0 Å². The van der Waals surface area contributed by atoms with Crippen molar-refractivity contribution in [2.45, 2.75) is 134 Å². The van der Waals surface area contributed by atoms with Gasteiger partial charge in [0.2, 0.25) is 17.7 Å². The number of aromatic amines is 1. The van der Waals surface area contributed by atoms with E-state index in [-0.39, 0.29) is 72.9 Å². The molecular formula is C58H72N12O8. The van der Waals surface area contributed by atoms with E-state index in [1.807, 2.05) is 83.3 Å². The largest absolute Gasteiger partial charge is 0.507 e. The quantitative estimate of drug-likeness (QED) is 0.0599. The third-order valence-electron chi connectivity index (χ3n) is 16.5. The number of carbonyl (C=O) groups is 2. The van der Waals surface area contributed by atoms with Gasteiger partial charge in [0.1, 0.15) is 30.4 Å². The number of piperazine rings is 1. The summed E-state index contributed by atoms with van der Waals surface area (Å²) in [6, 6.07) is 22.3. The van der Waals surface area contributed by atoms with E-state index < -0.39 is 18.1 Å². The first kappa shape index (κ1) is 52.7. The molecular weight excluding hydrogens is 993 g/mol. The molecule has 4 aliphatic heterocycles. The number of aromatic hydroxyl groups is 1. The normalized spacial score (nSPS) is 23.3. The Hall–Kier alpha value is -7.29. The standard InChI is InChI=1S/C58H72N12O8/c1-33(2)54(58(74)69-32-42(71)25-49(69)57(73)61-34(3)37-10-12-38(13-11-37)55-35(4)62-63-36(55)5)51-29-53(66-78-51)75-23-22-67-20-17-43(18-21-67)76-44-26-45(27-44)77-52-24-39(16-19-60-52)70-40-14-15-41(70)31-68(30-40)48-28-47(64-65-56(48)59)46-8-6-7-9-50(46)72/h6-13,16,19,24,28-29,33-34,40-45,49,54,71-72H,14-15,17-18,20-23,25-27,30-32H2,1-5H3,(H2,59,65)(H,61,73)(H,62,63)/t34-,40+,41?,42+,44?,45?,49-,54+/m0/s1. The number of aliphatic hydroxyl groups excluding tert-OH is 1. The Morgan fingerprint density at radius 3 is 2.36 bits per heavy atom. The highest BCUT2D eigenvalue weighted by Gasteiger charge is 2.45. The summed E-state index contributed by atoms with van der Waals surface area (Å²) in [6.45, 7) is 14.2. The lowest BCUT2D eigenvalue weighted by atomic mass is 9.91. The van der Waals surface area contributed by atoms with Crippen molar-refractivity contribution in [3.05, 3.63) is 102 Å². The van der Waals surface area contributed by atoms with E-state index in [0.29, 0.717) is 47.7 Å². The number of pyridine rings is 1. The van der Waals surface area contributed by atoms with E-state index in [2.05, 4.69) is 62.7 Å². The highest BCUT2D eigenvalue weighted by atomic mass is 16.5. The zero-order chi connectivity index (χ0) is 54.2. The van der Waals surface area contributed by atoms with Gasteiger partial charge in [-0.1, -0.05) is 50.2 Å². The number of phenolic OH excluding ortho intramolecular Hbond substituents is 1. The van der Waals surface area contributed by atoms with Crippen LogP contribution < -0.4 is 30.3 Å². The van der Waals surface area contributed by atoms with Gasteiger partial charge in [-0.3, -0.25) is 19.6 Å². The van der Waals surface area contributed by atoms with Gasteiger partial charge in [0.05, 0.1) is 41.4 Å². The van der Waals surface area contributed by atoms with Crippen LogP contribution >= 0.6 is 0 Å². The summed E-state index contributed by atoms with van der Waals surface area (Å²) in [5.74, 6) is 0.312. The number of aryl methyl sites for hydroxylation is 2. The summed E-state index contributed by atoms with van der Waals surface area (Å²) < 4.78 is 24.8. The summed E-state index contributed by atoms with van der Waals surface area (Å²) in [7, 11) is 0.